The molecular weight excluding hydrogens is 397 g/mol. The Morgan fingerprint density at radius 3 is 2.34 bits per heavy atom. The van der Waals surface area contributed by atoms with Crippen LogP contribution in [0.4, 0.5) is 4.39 Å². The standard InChI is InChI=1S/C20H20FN3O4S/c1-14(25)22-10-11-23-20(26)13-24-12-19(17-4-2-3-5-18(17)24)29(27,28)16-8-6-15(21)7-9-16/h2-9,12H,10-11,13H2,1H3,(H,22,25)(H,23,26). The average Bonchev–Trinajstić information content (AvgIpc) is 3.05. The molecule has 1 aromatic heterocycles. The van der Waals surface area contributed by atoms with E-state index in [9.17, 15) is 22.4 Å². The first kappa shape index (κ1) is 20.5. The summed E-state index contributed by atoms with van der Waals surface area (Å²) in [7, 11) is -3.89. The first-order chi connectivity index (χ1) is 13.8. The Balaban J connectivity index is 1.88. The quantitative estimate of drug-likeness (QED) is 0.453. The van der Waals surface area contributed by atoms with Crippen LogP contribution in [-0.2, 0) is 26.0 Å². The number of hydrogen-bond donors (Lipinski definition) is 2. The van der Waals surface area contributed by atoms with Gasteiger partial charge in [0, 0.05) is 37.1 Å². The van der Waals surface area contributed by atoms with Gasteiger partial charge in [-0.05, 0) is 30.3 Å². The molecule has 0 saturated carbocycles. The third-order valence-corrected chi connectivity index (χ3v) is 6.10. The molecule has 152 valence electrons. The first-order valence-corrected chi connectivity index (χ1v) is 10.4. The van der Waals surface area contributed by atoms with Gasteiger partial charge in [0.05, 0.1) is 9.79 Å². The normalized spacial score (nSPS) is 11.4. The number of carbonyl (C=O) groups is 2. The van der Waals surface area contributed by atoms with Gasteiger partial charge in [-0.3, -0.25) is 9.59 Å². The van der Waals surface area contributed by atoms with Crippen LogP contribution in [0.25, 0.3) is 10.9 Å². The molecule has 3 rings (SSSR count). The van der Waals surface area contributed by atoms with Crippen LogP contribution < -0.4 is 10.6 Å². The third kappa shape index (κ3) is 4.62. The molecule has 7 nitrogen and oxygen atoms in total. The predicted octanol–water partition coefficient (Wildman–Crippen LogP) is 1.87. The van der Waals surface area contributed by atoms with E-state index in [1.54, 1.807) is 28.8 Å². The lowest BCUT2D eigenvalue weighted by atomic mass is 10.2. The highest BCUT2D eigenvalue weighted by molar-refractivity contribution is 7.91. The second kappa shape index (κ2) is 8.44. The van der Waals surface area contributed by atoms with Crippen molar-refractivity contribution < 1.29 is 22.4 Å². The van der Waals surface area contributed by atoms with Crippen LogP contribution in [-0.4, -0.2) is 37.9 Å². The van der Waals surface area contributed by atoms with Crippen molar-refractivity contribution in [2.45, 2.75) is 23.3 Å². The van der Waals surface area contributed by atoms with Crippen molar-refractivity contribution in [3.05, 3.63) is 60.5 Å². The number of rotatable bonds is 7. The summed E-state index contributed by atoms with van der Waals surface area (Å²) in [6, 6.07) is 11.5. The minimum Gasteiger partial charge on any atom is -0.355 e. The summed E-state index contributed by atoms with van der Waals surface area (Å²) in [6.07, 6.45) is 1.41. The highest BCUT2D eigenvalue weighted by Gasteiger charge is 2.23. The lowest BCUT2D eigenvalue weighted by Crippen LogP contribution is -2.35. The average molecular weight is 417 g/mol. The van der Waals surface area contributed by atoms with Crippen LogP contribution >= 0.6 is 0 Å². The second-order valence-electron chi connectivity index (χ2n) is 6.43. The maximum absolute atomic E-state index is 13.2. The SMILES string of the molecule is CC(=O)NCCNC(=O)Cn1cc(S(=O)(=O)c2ccc(F)cc2)c2ccccc21. The monoisotopic (exact) mass is 417 g/mol. The van der Waals surface area contributed by atoms with Crippen molar-refractivity contribution in [3.8, 4) is 0 Å². The Morgan fingerprint density at radius 1 is 1.00 bits per heavy atom. The van der Waals surface area contributed by atoms with Gasteiger partial charge >= 0.3 is 0 Å². The minimum absolute atomic E-state index is 0.0263. The zero-order valence-electron chi connectivity index (χ0n) is 15.7. The number of carbonyl (C=O) groups excluding carboxylic acids is 2. The zero-order valence-corrected chi connectivity index (χ0v) is 16.5. The van der Waals surface area contributed by atoms with Gasteiger partial charge in [0.25, 0.3) is 0 Å². The number of benzene rings is 2. The number of nitrogens with zero attached hydrogens (tertiary/aromatic N) is 1. The van der Waals surface area contributed by atoms with Crippen LogP contribution in [0.1, 0.15) is 6.92 Å². The van der Waals surface area contributed by atoms with Gasteiger partial charge in [-0.25, -0.2) is 12.8 Å². The van der Waals surface area contributed by atoms with Crippen LogP contribution in [0, 0.1) is 5.82 Å². The van der Waals surface area contributed by atoms with Gasteiger partial charge in [0.2, 0.25) is 21.7 Å². The highest BCUT2D eigenvalue weighted by atomic mass is 32.2. The molecule has 2 N–H and O–H groups in total. The molecular formula is C20H20FN3O4S. The van der Waals surface area contributed by atoms with E-state index in [-0.39, 0.29) is 34.7 Å². The molecule has 0 aliphatic rings. The second-order valence-corrected chi connectivity index (χ2v) is 8.35. The van der Waals surface area contributed by atoms with Crippen molar-refractivity contribution in [2.75, 3.05) is 13.1 Å². The van der Waals surface area contributed by atoms with Crippen molar-refractivity contribution in [2.24, 2.45) is 0 Å². The largest absolute Gasteiger partial charge is 0.355 e. The number of amides is 2. The molecule has 0 aliphatic carbocycles. The van der Waals surface area contributed by atoms with Gasteiger partial charge < -0.3 is 15.2 Å². The fraction of sp³-hybridized carbons (Fsp3) is 0.200. The van der Waals surface area contributed by atoms with Crippen LogP contribution in [0.3, 0.4) is 0 Å². The maximum atomic E-state index is 13.2. The van der Waals surface area contributed by atoms with Gasteiger partial charge in [-0.1, -0.05) is 18.2 Å². The summed E-state index contributed by atoms with van der Waals surface area (Å²) >= 11 is 0. The van der Waals surface area contributed by atoms with E-state index in [0.717, 1.165) is 12.1 Å². The summed E-state index contributed by atoms with van der Waals surface area (Å²) in [4.78, 5) is 23.1. The van der Waals surface area contributed by atoms with E-state index in [0.29, 0.717) is 17.4 Å². The number of para-hydroxylation sites is 1. The number of aromatic nitrogens is 1. The van der Waals surface area contributed by atoms with E-state index in [1.165, 1.54) is 25.3 Å². The number of halogens is 1. The topological polar surface area (TPSA) is 97.3 Å². The fourth-order valence-electron chi connectivity index (χ4n) is 2.95. The molecule has 29 heavy (non-hydrogen) atoms. The van der Waals surface area contributed by atoms with Gasteiger partial charge in [0.1, 0.15) is 12.4 Å². The third-order valence-electron chi connectivity index (χ3n) is 4.30. The van der Waals surface area contributed by atoms with E-state index >= 15 is 0 Å². The molecule has 0 aliphatic heterocycles. The molecule has 0 unspecified atom stereocenters. The Bertz CT molecular complexity index is 1150. The summed E-state index contributed by atoms with van der Waals surface area (Å²) in [5.41, 5.74) is 0.588. The van der Waals surface area contributed by atoms with Gasteiger partial charge in [-0.2, -0.15) is 0 Å². The Hall–Kier alpha value is -3.20. The van der Waals surface area contributed by atoms with Crippen molar-refractivity contribution >= 4 is 32.6 Å². The summed E-state index contributed by atoms with van der Waals surface area (Å²) < 4.78 is 40.9. The summed E-state index contributed by atoms with van der Waals surface area (Å²) in [5, 5.41) is 5.72. The molecule has 3 aromatic rings. The maximum Gasteiger partial charge on any atom is 0.240 e. The Kier molecular flexibility index (Phi) is 5.97. The number of sulfone groups is 1. The molecule has 1 heterocycles. The Labute approximate surface area is 167 Å². The molecule has 0 bridgehead atoms. The minimum atomic E-state index is -3.89. The van der Waals surface area contributed by atoms with Gasteiger partial charge in [-0.15, -0.1) is 0 Å². The van der Waals surface area contributed by atoms with E-state index in [4.69, 9.17) is 0 Å². The molecule has 0 spiro atoms. The molecule has 0 radical (unpaired) electrons. The van der Waals surface area contributed by atoms with Crippen molar-refractivity contribution in [1.29, 1.82) is 0 Å². The number of hydrogen-bond acceptors (Lipinski definition) is 4. The lowest BCUT2D eigenvalue weighted by molar-refractivity contribution is -0.122. The fourth-order valence-corrected chi connectivity index (χ4v) is 4.43. The molecule has 0 fully saturated rings. The van der Waals surface area contributed by atoms with Gasteiger partial charge in [0.15, 0.2) is 0 Å². The predicted molar refractivity (Wildman–Crippen MR) is 105 cm³/mol. The van der Waals surface area contributed by atoms with E-state index in [1.807, 2.05) is 0 Å². The van der Waals surface area contributed by atoms with Crippen molar-refractivity contribution in [3.63, 3.8) is 0 Å². The molecule has 2 amide bonds. The summed E-state index contributed by atoms with van der Waals surface area (Å²) in [5.74, 6) is -1.03. The smallest absolute Gasteiger partial charge is 0.240 e. The number of fused-ring (bicyclic) bond motifs is 1. The zero-order chi connectivity index (χ0) is 21.0. The highest BCUT2D eigenvalue weighted by Crippen LogP contribution is 2.30. The Morgan fingerprint density at radius 2 is 1.66 bits per heavy atom. The lowest BCUT2D eigenvalue weighted by Gasteiger charge is -2.07. The van der Waals surface area contributed by atoms with Crippen LogP contribution in [0.5, 0.6) is 0 Å². The van der Waals surface area contributed by atoms with E-state index in [2.05, 4.69) is 10.6 Å². The summed E-state index contributed by atoms with van der Waals surface area (Å²) in [6.45, 7) is 1.87. The number of nitrogens with one attached hydrogen (secondary N) is 2. The van der Waals surface area contributed by atoms with Crippen molar-refractivity contribution in [1.82, 2.24) is 15.2 Å². The molecule has 2 aromatic carbocycles. The van der Waals surface area contributed by atoms with Crippen LogP contribution in [0.2, 0.25) is 0 Å². The molecule has 0 atom stereocenters. The molecule has 9 heteroatoms. The first-order valence-electron chi connectivity index (χ1n) is 8.88. The molecule has 0 saturated heterocycles. The van der Waals surface area contributed by atoms with Crippen LogP contribution in [0.15, 0.2) is 64.5 Å². The van der Waals surface area contributed by atoms with E-state index < -0.39 is 15.7 Å².